The molecule has 0 fully saturated rings. The number of hydrogen-bond acceptors (Lipinski definition) is 2. The number of nitrogens with zero attached hydrogens (tertiary/aromatic N) is 1. The van der Waals surface area contributed by atoms with E-state index in [2.05, 4.69) is 12.6 Å². The molecule has 0 heterocycles. The molecule has 0 aliphatic heterocycles. The molecule has 0 aromatic heterocycles. The Balaban J connectivity index is 2.33. The van der Waals surface area contributed by atoms with Gasteiger partial charge in [0, 0.05) is 5.57 Å². The number of hydrogen-bond donors (Lipinski definition) is 0. The minimum atomic E-state index is 0.404. The topological polar surface area (TPSA) is 33.0 Å². The van der Waals surface area contributed by atoms with Crippen molar-refractivity contribution in [2.45, 2.75) is 6.92 Å². The second kappa shape index (κ2) is 8.03. The van der Waals surface area contributed by atoms with Gasteiger partial charge in [-0.05, 0) is 36.8 Å². The predicted molar refractivity (Wildman–Crippen MR) is 95.3 cm³/mol. The van der Waals surface area contributed by atoms with Crippen LogP contribution in [0.15, 0.2) is 83.9 Å². The second-order valence-corrected chi connectivity index (χ2v) is 5.09. The first kappa shape index (κ1) is 16.6. The van der Waals surface area contributed by atoms with E-state index in [-0.39, 0.29) is 0 Å². The molecule has 3 heteroatoms. The van der Waals surface area contributed by atoms with Crippen molar-refractivity contribution in [1.82, 2.24) is 0 Å². The van der Waals surface area contributed by atoms with E-state index in [1.807, 2.05) is 54.6 Å². The minimum Gasteiger partial charge on any atom is -0.457 e. The van der Waals surface area contributed by atoms with Gasteiger partial charge >= 0.3 is 0 Å². The highest BCUT2D eigenvalue weighted by atomic mass is 35.5. The van der Waals surface area contributed by atoms with Crippen LogP contribution in [0.4, 0.5) is 0 Å². The summed E-state index contributed by atoms with van der Waals surface area (Å²) < 4.78 is 5.76. The summed E-state index contributed by atoms with van der Waals surface area (Å²) in [4.78, 5) is 0. The Kier molecular flexibility index (Phi) is 5.80. The standard InChI is InChI=1S/C20H16ClNO/c1-3-18(19(14-22)20(21)4-2)15-10-12-17(13-11-15)23-16-8-6-5-7-9-16/h3-13H,1H2,2H3/b19-18+,20-4+. The molecule has 0 N–H and O–H groups in total. The summed E-state index contributed by atoms with van der Waals surface area (Å²) in [5.74, 6) is 1.49. The fourth-order valence-electron chi connectivity index (χ4n) is 2.08. The lowest BCUT2D eigenvalue weighted by atomic mass is 10.00. The van der Waals surface area contributed by atoms with Crippen molar-refractivity contribution in [3.8, 4) is 17.6 Å². The van der Waals surface area contributed by atoms with Crippen LogP contribution in [0, 0.1) is 11.3 Å². The average molecular weight is 322 g/mol. The third-order valence-corrected chi connectivity index (χ3v) is 3.63. The van der Waals surface area contributed by atoms with E-state index in [0.717, 1.165) is 17.1 Å². The largest absolute Gasteiger partial charge is 0.457 e. The molecule has 2 rings (SSSR count). The second-order valence-electron chi connectivity index (χ2n) is 4.68. The van der Waals surface area contributed by atoms with E-state index in [1.54, 1.807) is 19.1 Å². The zero-order valence-electron chi connectivity index (χ0n) is 12.8. The van der Waals surface area contributed by atoms with E-state index < -0.39 is 0 Å². The van der Waals surface area contributed by atoms with E-state index >= 15 is 0 Å². The molecule has 2 nitrogen and oxygen atoms in total. The molecule has 0 spiro atoms. The van der Waals surface area contributed by atoms with Crippen LogP contribution in [-0.2, 0) is 0 Å². The Morgan fingerprint density at radius 2 is 1.70 bits per heavy atom. The van der Waals surface area contributed by atoms with Crippen LogP contribution >= 0.6 is 11.6 Å². The molecule has 23 heavy (non-hydrogen) atoms. The molecule has 0 radical (unpaired) electrons. The average Bonchev–Trinajstić information content (AvgIpc) is 2.60. The van der Waals surface area contributed by atoms with Gasteiger partial charge in [0.2, 0.25) is 0 Å². The summed E-state index contributed by atoms with van der Waals surface area (Å²) >= 11 is 6.10. The number of benzene rings is 2. The number of rotatable bonds is 5. The first-order chi connectivity index (χ1) is 11.2. The predicted octanol–water partition coefficient (Wildman–Crippen LogP) is 6.08. The maximum atomic E-state index is 9.33. The molecule has 114 valence electrons. The highest BCUT2D eigenvalue weighted by molar-refractivity contribution is 6.33. The maximum absolute atomic E-state index is 9.33. The summed E-state index contributed by atoms with van der Waals surface area (Å²) in [6.45, 7) is 5.58. The Morgan fingerprint density at radius 1 is 1.09 bits per heavy atom. The molecule has 0 unspecified atom stereocenters. The van der Waals surface area contributed by atoms with E-state index in [4.69, 9.17) is 16.3 Å². The molecule has 2 aromatic rings. The summed E-state index contributed by atoms with van der Waals surface area (Å²) in [6.07, 6.45) is 3.33. The first-order valence-corrected chi connectivity index (χ1v) is 7.49. The van der Waals surface area contributed by atoms with Gasteiger partial charge in [-0.25, -0.2) is 0 Å². The van der Waals surface area contributed by atoms with Crippen molar-refractivity contribution < 1.29 is 4.74 Å². The Labute approximate surface area is 141 Å². The Morgan fingerprint density at radius 3 is 2.22 bits per heavy atom. The van der Waals surface area contributed by atoms with Crippen LogP contribution in [0.25, 0.3) is 5.57 Å². The van der Waals surface area contributed by atoms with Crippen molar-refractivity contribution in [2.75, 3.05) is 0 Å². The Bertz CT molecular complexity index is 781. The summed E-state index contributed by atoms with van der Waals surface area (Å²) in [6, 6.07) is 19.2. The third kappa shape index (κ3) is 4.12. The molecule has 2 aromatic carbocycles. The molecular weight excluding hydrogens is 306 g/mol. The smallest absolute Gasteiger partial charge is 0.127 e. The van der Waals surface area contributed by atoms with Gasteiger partial charge in [-0.2, -0.15) is 5.26 Å². The van der Waals surface area contributed by atoms with Gasteiger partial charge in [0.15, 0.2) is 0 Å². The lowest BCUT2D eigenvalue weighted by Crippen LogP contribution is -1.90. The van der Waals surface area contributed by atoms with Crippen molar-refractivity contribution >= 4 is 17.2 Å². The Hall–Kier alpha value is -2.76. The quantitative estimate of drug-likeness (QED) is 0.493. The van der Waals surface area contributed by atoms with Gasteiger partial charge in [0.1, 0.15) is 17.6 Å². The van der Waals surface area contributed by atoms with Crippen LogP contribution < -0.4 is 4.74 Å². The van der Waals surface area contributed by atoms with Gasteiger partial charge in [-0.1, -0.05) is 60.7 Å². The maximum Gasteiger partial charge on any atom is 0.127 e. The van der Waals surface area contributed by atoms with Crippen LogP contribution in [0.3, 0.4) is 0 Å². The van der Waals surface area contributed by atoms with Crippen LogP contribution in [0.5, 0.6) is 11.5 Å². The summed E-state index contributed by atoms with van der Waals surface area (Å²) in [5.41, 5.74) is 1.96. The first-order valence-electron chi connectivity index (χ1n) is 7.12. The molecule has 0 bridgehead atoms. The number of allylic oxidation sites excluding steroid dienone is 5. The highest BCUT2D eigenvalue weighted by Gasteiger charge is 2.09. The van der Waals surface area contributed by atoms with E-state index in [0.29, 0.717) is 16.2 Å². The van der Waals surface area contributed by atoms with Gasteiger partial charge in [-0.3, -0.25) is 0 Å². The van der Waals surface area contributed by atoms with Gasteiger partial charge in [0.05, 0.1) is 10.6 Å². The van der Waals surface area contributed by atoms with Gasteiger partial charge in [0.25, 0.3) is 0 Å². The van der Waals surface area contributed by atoms with Crippen molar-refractivity contribution in [2.24, 2.45) is 0 Å². The lowest BCUT2D eigenvalue weighted by molar-refractivity contribution is 0.482. The molecule has 0 aliphatic rings. The molecule has 0 aliphatic carbocycles. The van der Waals surface area contributed by atoms with Crippen molar-refractivity contribution in [3.05, 3.63) is 89.5 Å². The van der Waals surface area contributed by atoms with Crippen LogP contribution in [0.2, 0.25) is 0 Å². The summed E-state index contributed by atoms with van der Waals surface area (Å²) in [7, 11) is 0. The van der Waals surface area contributed by atoms with Crippen LogP contribution in [-0.4, -0.2) is 0 Å². The molecule has 0 atom stereocenters. The third-order valence-electron chi connectivity index (χ3n) is 3.22. The van der Waals surface area contributed by atoms with E-state index in [1.165, 1.54) is 0 Å². The van der Waals surface area contributed by atoms with Crippen LogP contribution in [0.1, 0.15) is 12.5 Å². The SMILES string of the molecule is C=C/C(=C(C#N)\C(Cl)=C/C)c1ccc(Oc2ccccc2)cc1. The fraction of sp³-hybridized carbons (Fsp3) is 0.0500. The molecular formula is C20H16ClNO. The number of ether oxygens (including phenoxy) is 1. The monoisotopic (exact) mass is 321 g/mol. The van der Waals surface area contributed by atoms with Crippen molar-refractivity contribution in [3.63, 3.8) is 0 Å². The lowest BCUT2D eigenvalue weighted by Gasteiger charge is -2.09. The molecule has 0 saturated heterocycles. The highest BCUT2D eigenvalue weighted by Crippen LogP contribution is 2.29. The van der Waals surface area contributed by atoms with Gasteiger partial charge in [-0.15, -0.1) is 0 Å². The fourth-order valence-corrected chi connectivity index (χ4v) is 2.22. The molecule has 0 amide bonds. The molecule has 0 saturated carbocycles. The van der Waals surface area contributed by atoms with E-state index in [9.17, 15) is 5.26 Å². The number of halogens is 1. The number of nitriles is 1. The number of para-hydroxylation sites is 1. The normalized spacial score (nSPS) is 12.1. The van der Waals surface area contributed by atoms with Gasteiger partial charge < -0.3 is 4.74 Å². The van der Waals surface area contributed by atoms with Crippen molar-refractivity contribution in [1.29, 1.82) is 5.26 Å². The zero-order valence-corrected chi connectivity index (χ0v) is 13.5. The summed E-state index contributed by atoms with van der Waals surface area (Å²) in [5, 5.41) is 9.74. The minimum absolute atomic E-state index is 0.404. The zero-order chi connectivity index (χ0) is 16.7.